The van der Waals surface area contributed by atoms with E-state index in [4.69, 9.17) is 11.6 Å². The molecule has 3 nitrogen and oxygen atoms in total. The number of fused-ring (bicyclic) bond motifs is 2. The van der Waals surface area contributed by atoms with Crippen LogP contribution in [0.5, 0.6) is 0 Å². The van der Waals surface area contributed by atoms with Crippen molar-refractivity contribution < 1.29 is 4.79 Å². The minimum atomic E-state index is -0.138. The number of hydrogen-bond acceptors (Lipinski definition) is 3. The lowest BCUT2D eigenvalue weighted by atomic mass is 10.1. The average molecular weight is 353 g/mol. The summed E-state index contributed by atoms with van der Waals surface area (Å²) in [7, 11) is 0. The Labute approximate surface area is 147 Å². The van der Waals surface area contributed by atoms with E-state index in [0.717, 1.165) is 26.8 Å². The van der Waals surface area contributed by atoms with Crippen LogP contribution in [0.25, 0.3) is 21.1 Å². The van der Waals surface area contributed by atoms with E-state index in [9.17, 15) is 4.79 Å². The number of rotatable bonds is 2. The van der Waals surface area contributed by atoms with Crippen molar-refractivity contribution in [2.45, 2.75) is 6.92 Å². The summed E-state index contributed by atoms with van der Waals surface area (Å²) in [4.78, 5) is 18.6. The molecule has 2 heterocycles. The van der Waals surface area contributed by atoms with Crippen LogP contribution in [0.3, 0.4) is 0 Å². The van der Waals surface area contributed by atoms with Gasteiger partial charge in [-0.15, -0.1) is 11.3 Å². The van der Waals surface area contributed by atoms with E-state index in [0.29, 0.717) is 9.90 Å². The average Bonchev–Trinajstić information content (AvgIpc) is 2.97. The van der Waals surface area contributed by atoms with Crippen LogP contribution in [-0.4, -0.2) is 10.9 Å². The van der Waals surface area contributed by atoms with E-state index in [1.54, 1.807) is 24.3 Å². The predicted molar refractivity (Wildman–Crippen MR) is 101 cm³/mol. The molecule has 0 saturated heterocycles. The number of hydrogen-bond donors (Lipinski definition) is 1. The number of nitrogens with zero attached hydrogens (tertiary/aromatic N) is 1. The van der Waals surface area contributed by atoms with Crippen molar-refractivity contribution >= 4 is 55.7 Å². The summed E-state index contributed by atoms with van der Waals surface area (Å²) in [5.41, 5.74) is 2.86. The van der Waals surface area contributed by atoms with E-state index >= 15 is 0 Å². The summed E-state index contributed by atoms with van der Waals surface area (Å²) in [6.07, 6.45) is 0. The number of aromatic nitrogens is 1. The van der Waals surface area contributed by atoms with Gasteiger partial charge in [-0.1, -0.05) is 23.2 Å². The molecular formula is C19H13ClN2OS. The van der Waals surface area contributed by atoms with E-state index in [-0.39, 0.29) is 5.91 Å². The van der Waals surface area contributed by atoms with Gasteiger partial charge in [0.05, 0.1) is 10.4 Å². The van der Waals surface area contributed by atoms with E-state index in [2.05, 4.69) is 29.4 Å². The van der Waals surface area contributed by atoms with Crippen molar-refractivity contribution in [3.05, 3.63) is 70.1 Å². The van der Waals surface area contributed by atoms with E-state index < -0.39 is 0 Å². The molecule has 0 spiro atoms. The molecule has 4 aromatic rings. The third kappa shape index (κ3) is 2.86. The van der Waals surface area contributed by atoms with Crippen LogP contribution < -0.4 is 5.32 Å². The molecule has 118 valence electrons. The second-order valence-corrected chi connectivity index (χ2v) is 7.12. The maximum atomic E-state index is 12.5. The maximum Gasteiger partial charge on any atom is 0.265 e. The van der Waals surface area contributed by atoms with Gasteiger partial charge in [-0.05, 0) is 55.5 Å². The van der Waals surface area contributed by atoms with Gasteiger partial charge in [-0.2, -0.15) is 0 Å². The predicted octanol–water partition coefficient (Wildman–Crippen LogP) is 5.66. The third-order valence-corrected chi connectivity index (χ3v) is 5.08. The largest absolute Gasteiger partial charge is 0.321 e. The van der Waals surface area contributed by atoms with Gasteiger partial charge in [0.25, 0.3) is 5.91 Å². The van der Waals surface area contributed by atoms with Crippen LogP contribution in [-0.2, 0) is 0 Å². The van der Waals surface area contributed by atoms with Crippen molar-refractivity contribution in [2.24, 2.45) is 0 Å². The zero-order valence-electron chi connectivity index (χ0n) is 12.8. The molecule has 0 aliphatic heterocycles. The van der Waals surface area contributed by atoms with Gasteiger partial charge >= 0.3 is 0 Å². The van der Waals surface area contributed by atoms with Crippen LogP contribution in [0.2, 0.25) is 5.02 Å². The fourth-order valence-electron chi connectivity index (χ4n) is 2.59. The molecule has 0 aliphatic carbocycles. The van der Waals surface area contributed by atoms with Crippen LogP contribution in [0.4, 0.5) is 5.69 Å². The fourth-order valence-corrected chi connectivity index (χ4v) is 3.64. The molecule has 0 atom stereocenters. The number of thiophene rings is 1. The zero-order valence-corrected chi connectivity index (χ0v) is 14.4. The highest BCUT2D eigenvalue weighted by Gasteiger charge is 2.12. The summed E-state index contributed by atoms with van der Waals surface area (Å²) in [5, 5.41) is 5.60. The van der Waals surface area contributed by atoms with Gasteiger partial charge in [0.2, 0.25) is 0 Å². The number of pyridine rings is 1. The summed E-state index contributed by atoms with van der Waals surface area (Å²) in [6, 6.07) is 17.2. The number of aryl methyl sites for hydroxylation is 1. The molecule has 1 N–H and O–H groups in total. The molecule has 1 amide bonds. The van der Waals surface area contributed by atoms with E-state index in [1.165, 1.54) is 16.9 Å². The molecular weight excluding hydrogens is 340 g/mol. The Morgan fingerprint density at radius 2 is 1.83 bits per heavy atom. The molecule has 2 aromatic heterocycles. The molecule has 24 heavy (non-hydrogen) atoms. The first-order valence-electron chi connectivity index (χ1n) is 7.46. The number of amides is 1. The first-order chi connectivity index (χ1) is 11.6. The lowest BCUT2D eigenvalue weighted by molar-refractivity contribution is 0.103. The van der Waals surface area contributed by atoms with Crippen molar-refractivity contribution in [1.82, 2.24) is 4.98 Å². The van der Waals surface area contributed by atoms with Gasteiger partial charge < -0.3 is 5.32 Å². The molecule has 0 unspecified atom stereocenters. The summed E-state index contributed by atoms with van der Waals surface area (Å²) >= 11 is 7.26. The lowest BCUT2D eigenvalue weighted by Gasteiger charge is -2.02. The topological polar surface area (TPSA) is 42.0 Å². The summed E-state index contributed by atoms with van der Waals surface area (Å²) in [6.45, 7) is 2.06. The minimum Gasteiger partial charge on any atom is -0.321 e. The van der Waals surface area contributed by atoms with Crippen molar-refractivity contribution in [1.29, 1.82) is 0 Å². The number of benzene rings is 2. The standard InChI is InChI=1S/C19H13ClN2OS/c1-11-2-7-16-12(8-11)9-13-10-17(24-19(13)22-16)18(23)21-15-5-3-14(20)4-6-15/h2-10H,1H3,(H,21,23). The SMILES string of the molecule is Cc1ccc2nc3sc(C(=O)Nc4ccc(Cl)cc4)cc3cc2c1. The smallest absolute Gasteiger partial charge is 0.265 e. The Balaban J connectivity index is 1.69. The lowest BCUT2D eigenvalue weighted by Crippen LogP contribution is -2.09. The fraction of sp³-hybridized carbons (Fsp3) is 0.0526. The number of carbonyl (C=O) groups excluding carboxylic acids is 1. The van der Waals surface area contributed by atoms with Crippen molar-refractivity contribution in [3.63, 3.8) is 0 Å². The summed E-state index contributed by atoms with van der Waals surface area (Å²) in [5.74, 6) is -0.138. The molecule has 2 aromatic carbocycles. The van der Waals surface area contributed by atoms with Gasteiger partial charge in [0.15, 0.2) is 0 Å². The van der Waals surface area contributed by atoms with Crippen LogP contribution in [0.1, 0.15) is 15.2 Å². The number of nitrogens with one attached hydrogen (secondary N) is 1. The second-order valence-electron chi connectivity index (χ2n) is 5.65. The minimum absolute atomic E-state index is 0.138. The first-order valence-corrected chi connectivity index (χ1v) is 8.66. The van der Waals surface area contributed by atoms with Gasteiger partial charge in [-0.25, -0.2) is 4.98 Å². The molecule has 0 saturated carbocycles. The van der Waals surface area contributed by atoms with Gasteiger partial charge in [0, 0.05) is 21.5 Å². The van der Waals surface area contributed by atoms with Gasteiger partial charge in [0.1, 0.15) is 4.83 Å². The molecule has 4 rings (SSSR count). The molecule has 5 heteroatoms. The Hall–Kier alpha value is -2.43. The number of carbonyl (C=O) groups is 1. The zero-order chi connectivity index (χ0) is 16.7. The summed E-state index contributed by atoms with van der Waals surface area (Å²) < 4.78 is 0. The molecule has 0 fully saturated rings. The quantitative estimate of drug-likeness (QED) is 0.505. The first kappa shape index (κ1) is 15.1. The normalized spacial score (nSPS) is 11.1. The number of halogens is 1. The highest BCUT2D eigenvalue weighted by atomic mass is 35.5. The highest BCUT2D eigenvalue weighted by Crippen LogP contribution is 2.28. The van der Waals surface area contributed by atoms with Crippen LogP contribution >= 0.6 is 22.9 Å². The Morgan fingerprint density at radius 3 is 2.62 bits per heavy atom. The Morgan fingerprint density at radius 1 is 1.04 bits per heavy atom. The highest BCUT2D eigenvalue weighted by molar-refractivity contribution is 7.20. The van der Waals surface area contributed by atoms with Crippen molar-refractivity contribution in [3.8, 4) is 0 Å². The second kappa shape index (κ2) is 5.89. The third-order valence-electron chi connectivity index (χ3n) is 3.78. The van der Waals surface area contributed by atoms with E-state index in [1.807, 2.05) is 18.2 Å². The van der Waals surface area contributed by atoms with Crippen molar-refractivity contribution in [2.75, 3.05) is 5.32 Å². The van der Waals surface area contributed by atoms with Crippen LogP contribution in [0, 0.1) is 6.92 Å². The number of anilines is 1. The maximum absolute atomic E-state index is 12.5. The van der Waals surface area contributed by atoms with Gasteiger partial charge in [-0.3, -0.25) is 4.79 Å². The molecule has 0 bridgehead atoms. The Kier molecular flexibility index (Phi) is 3.71. The molecule has 0 aliphatic rings. The Bertz CT molecular complexity index is 1070. The monoisotopic (exact) mass is 352 g/mol. The van der Waals surface area contributed by atoms with Crippen LogP contribution in [0.15, 0.2) is 54.6 Å². The molecule has 0 radical (unpaired) electrons.